The van der Waals surface area contributed by atoms with Crippen LogP contribution in [0, 0.1) is 0 Å². The Kier molecular flexibility index (Phi) is 3.02. The second kappa shape index (κ2) is 4.74. The number of likely N-dealkylation sites (N-methyl/N-ethyl adjacent to an activating group) is 1. The molecule has 1 aromatic carbocycles. The molecule has 2 heterocycles. The van der Waals surface area contributed by atoms with Gasteiger partial charge in [-0.2, -0.15) is 0 Å². The number of nitrogen functional groups attached to an aromatic ring is 2. The van der Waals surface area contributed by atoms with Gasteiger partial charge >= 0.3 is 0 Å². The molecule has 0 spiro atoms. The van der Waals surface area contributed by atoms with Crippen LogP contribution in [0.3, 0.4) is 0 Å². The first kappa shape index (κ1) is 13.4. The van der Waals surface area contributed by atoms with Gasteiger partial charge < -0.3 is 16.4 Å². The maximum atomic E-state index is 11.7. The zero-order valence-corrected chi connectivity index (χ0v) is 11.8. The summed E-state index contributed by atoms with van der Waals surface area (Å²) < 4.78 is 0. The number of hydrogen-bond acceptors (Lipinski definition) is 7. The number of carbonyl (C=O) groups excluding carboxylic acids is 2. The highest BCUT2D eigenvalue weighted by Crippen LogP contribution is 2.34. The van der Waals surface area contributed by atoms with Crippen LogP contribution >= 0.6 is 11.8 Å². The van der Waals surface area contributed by atoms with Crippen molar-refractivity contribution in [3.8, 4) is 0 Å². The lowest BCUT2D eigenvalue weighted by Gasteiger charge is -2.10. The predicted octanol–water partition coefficient (Wildman–Crippen LogP) is 0.951. The van der Waals surface area contributed by atoms with Crippen LogP contribution in [0.15, 0.2) is 34.3 Å². The molecule has 0 bridgehead atoms. The van der Waals surface area contributed by atoms with E-state index in [1.807, 2.05) is 0 Å². The fourth-order valence-electron chi connectivity index (χ4n) is 2.03. The molecule has 0 unspecified atom stereocenters. The summed E-state index contributed by atoms with van der Waals surface area (Å²) in [5.74, 6) is -0.452. The van der Waals surface area contributed by atoms with Crippen molar-refractivity contribution in [2.75, 3.05) is 23.4 Å². The molecule has 0 saturated heterocycles. The minimum atomic E-state index is -0.531. The summed E-state index contributed by atoms with van der Waals surface area (Å²) in [6.45, 7) is 0. The number of carbonyl (C=O) groups is 2. The van der Waals surface area contributed by atoms with Crippen LogP contribution in [0.25, 0.3) is 0 Å². The van der Waals surface area contributed by atoms with Crippen molar-refractivity contribution < 1.29 is 9.59 Å². The molecule has 106 valence electrons. The van der Waals surface area contributed by atoms with Crippen LogP contribution in [0.5, 0.6) is 0 Å². The number of nitrogens with zero attached hydrogens (tertiary/aromatic N) is 3. The average Bonchev–Trinajstić information content (AvgIpc) is 2.63. The van der Waals surface area contributed by atoms with E-state index in [0.717, 1.165) is 4.90 Å². The third-order valence-corrected chi connectivity index (χ3v) is 3.88. The van der Waals surface area contributed by atoms with Gasteiger partial charge in [0, 0.05) is 18.0 Å². The third-order valence-electron chi connectivity index (χ3n) is 3.03. The van der Waals surface area contributed by atoms with Crippen molar-refractivity contribution in [2.45, 2.75) is 10.1 Å². The van der Waals surface area contributed by atoms with Crippen LogP contribution in [0.4, 0.5) is 17.3 Å². The largest absolute Gasteiger partial charge is 0.383 e. The molecule has 0 fully saturated rings. The minimum absolute atomic E-state index is 0.286. The number of Topliss-reactive ketones (excluding diaryl/α,β-unsaturated/α-hetero) is 1. The number of amides is 1. The Bertz CT molecular complexity index is 757. The molecule has 0 saturated carbocycles. The first-order valence-electron chi connectivity index (χ1n) is 6.00. The highest BCUT2D eigenvalue weighted by molar-refractivity contribution is 7.99. The summed E-state index contributed by atoms with van der Waals surface area (Å²) in [5.41, 5.74) is 12.2. The van der Waals surface area contributed by atoms with Crippen LogP contribution in [-0.2, 0) is 4.79 Å². The lowest BCUT2D eigenvalue weighted by atomic mass is 10.1. The third kappa shape index (κ3) is 2.29. The van der Waals surface area contributed by atoms with Crippen molar-refractivity contribution in [1.29, 1.82) is 0 Å². The summed E-state index contributed by atoms with van der Waals surface area (Å²) in [5, 5.41) is 0.408. The van der Waals surface area contributed by atoms with Gasteiger partial charge in [0.15, 0.2) is 5.16 Å². The summed E-state index contributed by atoms with van der Waals surface area (Å²) in [4.78, 5) is 33.6. The van der Waals surface area contributed by atoms with Crippen LogP contribution in [0.1, 0.15) is 10.4 Å². The summed E-state index contributed by atoms with van der Waals surface area (Å²) >= 11 is 1.25. The van der Waals surface area contributed by atoms with E-state index < -0.39 is 11.7 Å². The van der Waals surface area contributed by atoms with Crippen LogP contribution in [0.2, 0.25) is 0 Å². The number of anilines is 3. The van der Waals surface area contributed by atoms with Crippen molar-refractivity contribution >= 4 is 40.8 Å². The minimum Gasteiger partial charge on any atom is -0.383 e. The van der Waals surface area contributed by atoms with E-state index in [2.05, 4.69) is 9.97 Å². The standard InChI is InChI=1S/C13H11N5O2S/c1-18-8-4-6(2-3-7(8)11(19)12(18)20)21-13-16-9(14)5-10(15)17-13/h2-5H,1H3,(H4,14,15,16,17). The molecule has 1 amide bonds. The fraction of sp³-hybridized carbons (Fsp3) is 0.0769. The Morgan fingerprint density at radius 2 is 1.76 bits per heavy atom. The Morgan fingerprint density at radius 3 is 2.43 bits per heavy atom. The number of hydrogen-bond donors (Lipinski definition) is 2. The first-order chi connectivity index (χ1) is 9.95. The highest BCUT2D eigenvalue weighted by Gasteiger charge is 2.33. The summed E-state index contributed by atoms with van der Waals surface area (Å²) in [7, 11) is 1.56. The van der Waals surface area contributed by atoms with Gasteiger partial charge in [-0.1, -0.05) is 0 Å². The molecule has 3 rings (SSSR count). The number of rotatable bonds is 2. The smallest absolute Gasteiger partial charge is 0.299 e. The van der Waals surface area contributed by atoms with E-state index >= 15 is 0 Å². The Balaban J connectivity index is 1.95. The van der Waals surface area contributed by atoms with Gasteiger partial charge in [0.2, 0.25) is 0 Å². The molecule has 7 nitrogen and oxygen atoms in total. The Hall–Kier alpha value is -2.61. The van der Waals surface area contributed by atoms with E-state index in [9.17, 15) is 9.59 Å². The zero-order valence-electron chi connectivity index (χ0n) is 11.0. The van der Waals surface area contributed by atoms with Gasteiger partial charge in [0.05, 0.1) is 11.3 Å². The molecule has 1 aromatic heterocycles. The highest BCUT2D eigenvalue weighted by atomic mass is 32.2. The fourth-order valence-corrected chi connectivity index (χ4v) is 2.85. The van der Waals surface area contributed by atoms with Crippen molar-refractivity contribution in [2.24, 2.45) is 0 Å². The molecular formula is C13H11N5O2S. The van der Waals surface area contributed by atoms with Crippen molar-refractivity contribution in [3.63, 3.8) is 0 Å². The number of aromatic nitrogens is 2. The second-order valence-electron chi connectivity index (χ2n) is 4.47. The molecule has 0 aliphatic carbocycles. The van der Waals surface area contributed by atoms with Gasteiger partial charge in [0.1, 0.15) is 11.6 Å². The van der Waals surface area contributed by atoms with Gasteiger partial charge in [-0.3, -0.25) is 9.59 Å². The number of nitrogens with two attached hydrogens (primary N) is 2. The van der Waals surface area contributed by atoms with E-state index in [1.165, 1.54) is 22.7 Å². The lowest BCUT2D eigenvalue weighted by Crippen LogP contribution is -2.24. The summed E-state index contributed by atoms with van der Waals surface area (Å²) in [6, 6.07) is 6.57. The van der Waals surface area contributed by atoms with E-state index in [4.69, 9.17) is 11.5 Å². The number of fused-ring (bicyclic) bond motifs is 1. The molecular weight excluding hydrogens is 290 g/mol. The monoisotopic (exact) mass is 301 g/mol. The predicted molar refractivity (Wildman–Crippen MR) is 79.2 cm³/mol. The number of benzene rings is 1. The van der Waals surface area contributed by atoms with Crippen LogP contribution in [-0.4, -0.2) is 28.7 Å². The zero-order chi connectivity index (χ0) is 15.1. The normalized spacial score (nSPS) is 13.7. The first-order valence-corrected chi connectivity index (χ1v) is 6.81. The molecule has 4 N–H and O–H groups in total. The molecule has 1 aliphatic rings. The Morgan fingerprint density at radius 1 is 1.10 bits per heavy atom. The SMILES string of the molecule is CN1C(=O)C(=O)c2ccc(Sc3nc(N)cc(N)n3)cc21. The second-order valence-corrected chi connectivity index (χ2v) is 5.52. The van der Waals surface area contributed by atoms with E-state index in [-0.39, 0.29) is 11.6 Å². The van der Waals surface area contributed by atoms with Crippen molar-refractivity contribution in [3.05, 3.63) is 29.8 Å². The molecule has 21 heavy (non-hydrogen) atoms. The molecule has 2 aromatic rings. The Labute approximate surface area is 124 Å². The van der Waals surface area contributed by atoms with Gasteiger partial charge in [0.25, 0.3) is 11.7 Å². The quantitative estimate of drug-likeness (QED) is 0.626. The lowest BCUT2D eigenvalue weighted by molar-refractivity contribution is -0.114. The van der Waals surface area contributed by atoms with Crippen molar-refractivity contribution in [1.82, 2.24) is 9.97 Å². The molecule has 0 atom stereocenters. The van der Waals surface area contributed by atoms with Gasteiger partial charge in [-0.05, 0) is 30.0 Å². The van der Waals surface area contributed by atoms with E-state index in [1.54, 1.807) is 25.2 Å². The van der Waals surface area contributed by atoms with E-state index in [0.29, 0.717) is 16.4 Å². The average molecular weight is 301 g/mol. The molecule has 0 radical (unpaired) electrons. The summed E-state index contributed by atoms with van der Waals surface area (Å²) in [6.07, 6.45) is 0. The maximum absolute atomic E-state index is 11.7. The number of ketones is 1. The van der Waals surface area contributed by atoms with Gasteiger partial charge in [-0.15, -0.1) is 0 Å². The maximum Gasteiger partial charge on any atom is 0.299 e. The molecule has 1 aliphatic heterocycles. The topological polar surface area (TPSA) is 115 Å². The molecule has 8 heteroatoms. The van der Waals surface area contributed by atoms with Crippen LogP contribution < -0.4 is 16.4 Å². The van der Waals surface area contributed by atoms with Gasteiger partial charge in [-0.25, -0.2) is 9.97 Å².